The number of hydrogen-bond acceptors (Lipinski definition) is 16. The Kier molecular flexibility index (Phi) is 27.4. The van der Waals surface area contributed by atoms with Gasteiger partial charge in [0.1, 0.15) is 30.1 Å². The first-order chi connectivity index (χ1) is 43.6. The number of thioether (sulfide) groups is 3. The minimum atomic E-state index is -0.826. The van der Waals surface area contributed by atoms with E-state index in [0.29, 0.717) is 66.6 Å². The highest BCUT2D eigenvalue weighted by Crippen LogP contribution is 2.42. The van der Waals surface area contributed by atoms with Gasteiger partial charge in [0.15, 0.2) is 0 Å². The van der Waals surface area contributed by atoms with Crippen molar-refractivity contribution in [2.75, 3.05) is 56.5 Å². The van der Waals surface area contributed by atoms with Crippen LogP contribution in [0.5, 0.6) is 0 Å². The molecule has 4 aromatic rings. The summed E-state index contributed by atoms with van der Waals surface area (Å²) in [5.41, 5.74) is 7.16. The molecule has 15 atom stereocenters. The number of ether oxygens (including phenoxy) is 2. The maximum atomic E-state index is 12.7. The average molecular weight is 1290 g/mol. The molecule has 2 amide bonds. The van der Waals surface area contributed by atoms with Crippen molar-refractivity contribution in [1.82, 2.24) is 25.3 Å². The summed E-state index contributed by atoms with van der Waals surface area (Å²) < 4.78 is 11.1. The van der Waals surface area contributed by atoms with Crippen LogP contribution in [0.15, 0.2) is 136 Å². The monoisotopic (exact) mass is 1290 g/mol. The molecule has 3 aliphatic carbocycles. The number of ketones is 3. The van der Waals surface area contributed by atoms with E-state index in [9.17, 15) is 34.2 Å². The molecule has 0 aromatic heterocycles. The second kappa shape index (κ2) is 35.5. The summed E-state index contributed by atoms with van der Waals surface area (Å²) in [5.74, 6) is 6.52. The van der Waals surface area contributed by atoms with E-state index < -0.39 is 24.3 Å². The summed E-state index contributed by atoms with van der Waals surface area (Å²) in [7, 11) is 0. The van der Waals surface area contributed by atoms with Gasteiger partial charge in [0, 0.05) is 77.3 Å². The minimum Gasteiger partial charge on any atom is -0.445 e. The van der Waals surface area contributed by atoms with Gasteiger partial charge in [0.25, 0.3) is 0 Å². The van der Waals surface area contributed by atoms with Crippen LogP contribution in [-0.4, -0.2) is 166 Å². The van der Waals surface area contributed by atoms with Gasteiger partial charge in [-0.15, -0.1) is 35.3 Å². The number of cyclic esters (lactones) is 1. The fourth-order valence-corrected chi connectivity index (χ4v) is 18.2. The molecule has 7 fully saturated rings. The second-order valence-electron chi connectivity index (χ2n) is 26.5. The van der Waals surface area contributed by atoms with Crippen molar-refractivity contribution in [1.29, 1.82) is 0 Å². The van der Waals surface area contributed by atoms with Crippen molar-refractivity contribution >= 4 is 64.8 Å². The van der Waals surface area contributed by atoms with Crippen LogP contribution in [0.25, 0.3) is 0 Å². The number of aliphatic hydroxyl groups excluding tert-OH is 2. The Balaban J connectivity index is 0.000000163. The van der Waals surface area contributed by atoms with Crippen molar-refractivity contribution in [3.63, 3.8) is 0 Å². The van der Waals surface area contributed by atoms with E-state index in [1.165, 1.54) is 86.8 Å². The molecule has 4 aromatic carbocycles. The maximum absolute atomic E-state index is 12.7. The number of carbonyl (C=O) groups is 5. The van der Waals surface area contributed by atoms with Gasteiger partial charge in [0.05, 0.1) is 42.4 Å². The number of fused-ring (bicyclic) bond motifs is 3. The number of benzene rings is 4. The van der Waals surface area contributed by atoms with Gasteiger partial charge in [-0.3, -0.25) is 29.1 Å². The molecule has 0 bridgehead atoms. The first-order valence-electron chi connectivity index (χ1n) is 33.5. The van der Waals surface area contributed by atoms with Crippen molar-refractivity contribution in [3.8, 4) is 0 Å². The molecular weight excluding hydrogens is 1190 g/mol. The molecule has 11 rings (SSSR count). The Hall–Kier alpha value is -4.76. The smallest absolute Gasteiger partial charge is 0.407 e. The number of Topliss-reactive ketones (excluding diaryl/α,β-unsaturated/α-hetero) is 3. The number of amides is 2. The zero-order chi connectivity index (χ0) is 63.4. The van der Waals surface area contributed by atoms with Crippen molar-refractivity contribution < 1.29 is 43.7 Å². The Morgan fingerprint density at radius 2 is 0.967 bits per heavy atom. The lowest BCUT2D eigenvalue weighted by molar-refractivity contribution is -0.127. The van der Waals surface area contributed by atoms with Gasteiger partial charge in [-0.2, -0.15) is 0 Å². The zero-order valence-electron chi connectivity index (χ0n) is 53.3. The first kappa shape index (κ1) is 69.6. The summed E-state index contributed by atoms with van der Waals surface area (Å²) in [5, 5.41) is 27.9. The molecule has 0 spiro atoms. The Labute approximate surface area is 548 Å². The predicted molar refractivity (Wildman–Crippen MR) is 361 cm³/mol. The van der Waals surface area contributed by atoms with E-state index >= 15 is 0 Å². The molecule has 4 heterocycles. The predicted octanol–water partition coefficient (Wildman–Crippen LogP) is 11.6. The third-order valence-corrected chi connectivity index (χ3v) is 23.6. The fraction of sp³-hybridized carbons (Fsp3) is 0.597. The van der Waals surface area contributed by atoms with E-state index in [1.807, 2.05) is 97.1 Å². The number of nitrogens with zero attached hydrogens (tertiary/aromatic N) is 3. The molecule has 0 unspecified atom stereocenters. The molecule has 15 nitrogen and oxygen atoms in total. The number of alkyl carbamates (subject to hydrolysis) is 2. The average Bonchev–Trinajstić information content (AvgIpc) is 1.12. The number of piperidine rings is 3. The van der Waals surface area contributed by atoms with Crippen LogP contribution in [0, 0.1) is 35.5 Å². The lowest BCUT2D eigenvalue weighted by Crippen LogP contribution is -2.56. The molecule has 18 heteroatoms. The van der Waals surface area contributed by atoms with E-state index in [-0.39, 0.29) is 66.4 Å². The van der Waals surface area contributed by atoms with Gasteiger partial charge < -0.3 is 36.1 Å². The number of carbonyl (C=O) groups excluding carboxylic acids is 5. The van der Waals surface area contributed by atoms with Gasteiger partial charge in [0.2, 0.25) is 0 Å². The summed E-state index contributed by atoms with van der Waals surface area (Å²) in [6.07, 6.45) is 15.4. The molecule has 490 valence electrons. The molecule has 7 aliphatic rings. The van der Waals surface area contributed by atoms with Gasteiger partial charge in [-0.1, -0.05) is 143 Å². The van der Waals surface area contributed by atoms with Crippen LogP contribution >= 0.6 is 35.3 Å². The number of hydrogen-bond donors (Lipinski definition) is 5. The molecule has 4 aliphatic heterocycles. The standard InChI is InChI=1S/C29H38N2O4S.C22H30N2O3S.C21H32N2O2S/c1-21(32)27-16-23-12-8-9-13-24(23)17-31(27)18-28(33)26(20-36-25-14-6-3-7-15-25)30-29(34)35-19-22-10-4-2-5-11-22;1-15(25)20-11-16-7-5-6-8-17(16)12-24(20)13-21-19(23-22(26)27-21)14-28-18-9-3-2-4-10-18;1-15(24)20-11-16-7-5-6-8-17(16)12-23(20)13-21(25)19(22)14-26-18-9-3-2-4-10-18/h2-7,10-11,14-15,23-24,26-28,33H,8-9,12-13,16-20H2,1H3,(H,30,34);2-4,9-10,16-17,19-21H,5-8,11-14H2,1H3,(H,23,26);2-4,9-10,16-17,19-21,25H,5-8,11-14,22H2,1H3/t23-,24+,26-,27-,28+;2*16-,17+,19-,20-,21+/m000/s1. The van der Waals surface area contributed by atoms with E-state index in [0.717, 1.165) is 55.1 Å². The number of rotatable bonds is 23. The molecule has 6 N–H and O–H groups in total. The number of nitrogens with two attached hydrogens (primary N) is 1. The van der Waals surface area contributed by atoms with Gasteiger partial charge >= 0.3 is 12.2 Å². The minimum absolute atomic E-state index is 0.0268. The SMILES string of the molecule is CC(=O)[C@@H]1C[C@@H]2CCCC[C@@H]2CN1C[C@@H](O)[C@@H](N)CSc1ccccc1.CC(=O)[C@@H]1C[C@@H]2CCCC[C@@H]2CN1C[C@@H](O)[C@H](CSc1ccccc1)NC(=O)OCc1ccccc1.CC(=O)[C@@H]1C[C@@H]2CCCC[C@@H]2CN1C[C@H]1OC(=O)N[C@H]1CSc1ccccc1. The molecule has 3 saturated carbocycles. The number of likely N-dealkylation sites (tertiary alicyclic amines) is 3. The molecular formula is C72H100N6O9S3. The number of nitrogens with one attached hydrogen (secondary N) is 2. The summed E-state index contributed by atoms with van der Waals surface area (Å²) in [4.78, 5) is 71.8. The fourth-order valence-electron chi connectivity index (χ4n) is 15.1. The van der Waals surface area contributed by atoms with Crippen molar-refractivity contribution in [3.05, 3.63) is 127 Å². The summed E-state index contributed by atoms with van der Waals surface area (Å²) in [6.45, 7) is 9.47. The third kappa shape index (κ3) is 20.9. The number of aliphatic hydroxyl groups is 2. The van der Waals surface area contributed by atoms with E-state index in [2.05, 4.69) is 49.6 Å². The highest BCUT2D eigenvalue weighted by Gasteiger charge is 2.44. The van der Waals surface area contributed by atoms with Crippen LogP contribution in [0.2, 0.25) is 0 Å². The molecule has 0 radical (unpaired) electrons. The largest absolute Gasteiger partial charge is 0.445 e. The van der Waals surface area contributed by atoms with Crippen molar-refractivity contribution in [2.24, 2.45) is 41.2 Å². The van der Waals surface area contributed by atoms with Crippen molar-refractivity contribution in [2.45, 2.75) is 193 Å². The maximum Gasteiger partial charge on any atom is 0.407 e. The quantitative estimate of drug-likeness (QED) is 0.0438. The second-order valence-corrected chi connectivity index (χ2v) is 29.8. The van der Waals surface area contributed by atoms with Crippen LogP contribution in [-0.2, 0) is 30.5 Å². The van der Waals surface area contributed by atoms with Gasteiger partial charge in [-0.25, -0.2) is 9.59 Å². The number of β-amino-alcohol motifs (C(OH)–C–C–N with tert-alkyl or cyclic N) is 2. The molecule has 4 saturated heterocycles. The summed E-state index contributed by atoms with van der Waals surface area (Å²) >= 11 is 4.99. The highest BCUT2D eigenvalue weighted by atomic mass is 32.2. The third-order valence-electron chi connectivity index (χ3n) is 20.2. The Morgan fingerprint density at radius 1 is 0.567 bits per heavy atom. The van der Waals surface area contributed by atoms with Crippen LogP contribution in [0.3, 0.4) is 0 Å². The summed E-state index contributed by atoms with van der Waals surface area (Å²) in [6, 6.07) is 38.7. The normalized spacial score (nSPS) is 28.2. The molecule has 90 heavy (non-hydrogen) atoms. The van der Waals surface area contributed by atoms with E-state index in [1.54, 1.807) is 56.1 Å². The Bertz CT molecular complexity index is 2850. The van der Waals surface area contributed by atoms with Crippen LogP contribution < -0.4 is 16.4 Å². The van der Waals surface area contributed by atoms with Crippen LogP contribution in [0.1, 0.15) is 123 Å². The Morgan fingerprint density at radius 3 is 1.43 bits per heavy atom. The van der Waals surface area contributed by atoms with E-state index in [4.69, 9.17) is 15.2 Å². The zero-order valence-corrected chi connectivity index (χ0v) is 55.7. The highest BCUT2D eigenvalue weighted by molar-refractivity contribution is 7.99. The lowest BCUT2D eigenvalue weighted by Gasteiger charge is -2.46. The van der Waals surface area contributed by atoms with Crippen LogP contribution in [0.4, 0.5) is 9.59 Å². The topological polar surface area (TPSA) is 204 Å². The first-order valence-corrected chi connectivity index (χ1v) is 36.4. The lowest BCUT2D eigenvalue weighted by atomic mass is 9.72. The van der Waals surface area contributed by atoms with Gasteiger partial charge in [-0.05, 0) is 137 Å².